The molecule has 26 atom stereocenters. The van der Waals surface area contributed by atoms with E-state index in [0.717, 1.165) is 78.2 Å². The lowest BCUT2D eigenvalue weighted by molar-refractivity contribution is -0.385. The monoisotopic (exact) mass is 1600 g/mol. The Hall–Kier alpha value is -3.61. The van der Waals surface area contributed by atoms with Gasteiger partial charge in [-0.05, 0) is 12.8 Å². The van der Waals surface area contributed by atoms with Crippen molar-refractivity contribution in [2.45, 2.75) is 416 Å². The number of carboxylic acid groups (broad SMARTS) is 2. The summed E-state index contributed by atoms with van der Waals surface area (Å²) in [6.07, 6.45) is -9.16. The van der Waals surface area contributed by atoms with Crippen LogP contribution in [-0.2, 0) is 61.9 Å². The number of aliphatic hydroxyl groups is 16. The minimum absolute atomic E-state index is 0.0999. The van der Waals surface area contributed by atoms with Crippen molar-refractivity contribution >= 4 is 29.7 Å². The summed E-state index contributed by atoms with van der Waals surface area (Å²) in [5.74, 6) is -10.5. The van der Waals surface area contributed by atoms with Gasteiger partial charge in [0, 0.05) is 26.9 Å². The summed E-state index contributed by atoms with van der Waals surface area (Å²) in [6.45, 7) is 0.350. The Morgan fingerprint density at radius 1 is 0.495 bits per heavy atom. The number of hydrogen-bond acceptors (Lipinski definition) is 29. The number of nitrogens with one attached hydrogen (secondary N) is 3. The van der Waals surface area contributed by atoms with E-state index in [9.17, 15) is 116 Å². The minimum Gasteiger partial charge on any atom is -0.479 e. The van der Waals surface area contributed by atoms with E-state index in [1.54, 1.807) is 0 Å². The molecule has 0 aliphatic carbocycles. The number of amides is 3. The largest absolute Gasteiger partial charge is 0.479 e. The highest BCUT2D eigenvalue weighted by molar-refractivity contribution is 5.87. The van der Waals surface area contributed by atoms with E-state index in [0.29, 0.717) is 12.8 Å². The molecule has 34 nitrogen and oxygen atoms in total. The van der Waals surface area contributed by atoms with Gasteiger partial charge in [-0.15, -0.1) is 0 Å². The second-order valence-electron chi connectivity index (χ2n) is 31.1. The van der Waals surface area contributed by atoms with E-state index < -0.39 is 240 Å². The van der Waals surface area contributed by atoms with E-state index in [4.69, 9.17) is 37.9 Å². The third-order valence-corrected chi connectivity index (χ3v) is 22.0. The first-order chi connectivity index (χ1) is 53.1. The molecule has 0 aromatic carbocycles. The van der Waals surface area contributed by atoms with E-state index in [1.165, 1.54) is 128 Å². The number of hydrogen-bond donors (Lipinski definition) is 21. The summed E-state index contributed by atoms with van der Waals surface area (Å²) >= 11 is 0. The molecule has 21 N–H and O–H groups in total. The number of carbonyl (C=O) groups excluding carboxylic acids is 3. The molecule has 4 rings (SSSR count). The van der Waals surface area contributed by atoms with Crippen LogP contribution in [-0.4, -0.2) is 320 Å². The second-order valence-corrected chi connectivity index (χ2v) is 31.1. The van der Waals surface area contributed by atoms with Crippen LogP contribution in [0.3, 0.4) is 0 Å². The maximum absolute atomic E-state index is 14.1. The molecule has 3 amide bonds. The summed E-state index contributed by atoms with van der Waals surface area (Å²) < 4.78 is 45.7. The Morgan fingerprint density at radius 2 is 0.928 bits per heavy atom. The van der Waals surface area contributed by atoms with Gasteiger partial charge >= 0.3 is 11.9 Å². The van der Waals surface area contributed by atoms with Gasteiger partial charge in [-0.1, -0.05) is 219 Å². The predicted molar refractivity (Wildman–Crippen MR) is 398 cm³/mol. The first kappa shape index (κ1) is 99.7. The first-order valence-electron chi connectivity index (χ1n) is 41.1. The van der Waals surface area contributed by atoms with Crippen LogP contribution in [0.1, 0.15) is 258 Å². The topological polar surface area (TPSA) is 559 Å². The summed E-state index contributed by atoms with van der Waals surface area (Å²) in [7, 11) is 1.07. The van der Waals surface area contributed by atoms with Crippen molar-refractivity contribution in [3.05, 3.63) is 0 Å². The molecular formula is C77H141N3O31. The lowest BCUT2D eigenvalue weighted by Gasteiger charge is -2.51. The first-order valence-corrected chi connectivity index (χ1v) is 41.1. The maximum atomic E-state index is 14.1. The van der Waals surface area contributed by atoms with Crippen LogP contribution in [0.5, 0.6) is 0 Å². The fourth-order valence-electron chi connectivity index (χ4n) is 15.2. The zero-order chi connectivity index (χ0) is 82.2. The highest BCUT2D eigenvalue weighted by atomic mass is 16.8. The Bertz CT molecular complexity index is 2550. The molecule has 4 fully saturated rings. The molecule has 650 valence electrons. The normalized spacial score (nSPS) is 30.7. The SMILES string of the molecule is CCCCCCCCCCCCCCCCCCCCCC[C@@H](O)C(=O)N[C@@H](CO[C@@H]1O[C@H](CO)[C@@H](O[C@@H]2O[C@H](CO)[C@H](O[C@]3(C(=O)O)C[C@H](O)[C@@H](NC(=O)C[C@]4(C(=O)O)C[C@H](O)[C@@H](NC(C)=O)[C@H]([C@H](O)[C@@H](CO)OC)O4)[C@H]([C@H](O)[C@H](O)CO)O3)[C@H](O)[C@H]2O)[C@H](O)[C@H]1O)[C@H](O)[C@H](O)CCCCCCCCCCCCCC. The van der Waals surface area contributed by atoms with Crippen LogP contribution in [0.15, 0.2) is 0 Å². The van der Waals surface area contributed by atoms with Crippen LogP contribution in [0.2, 0.25) is 0 Å². The fourth-order valence-corrected chi connectivity index (χ4v) is 15.2. The lowest BCUT2D eigenvalue weighted by Crippen LogP contribution is -2.71. The maximum Gasteiger partial charge on any atom is 0.364 e. The van der Waals surface area contributed by atoms with E-state index >= 15 is 0 Å². The Balaban J connectivity index is 1.41. The van der Waals surface area contributed by atoms with Crippen LogP contribution in [0.4, 0.5) is 0 Å². The molecule has 111 heavy (non-hydrogen) atoms. The van der Waals surface area contributed by atoms with E-state index in [-0.39, 0.29) is 12.8 Å². The smallest absolute Gasteiger partial charge is 0.364 e. The van der Waals surface area contributed by atoms with Gasteiger partial charge in [0.15, 0.2) is 18.2 Å². The molecule has 0 bridgehead atoms. The molecule has 0 unspecified atom stereocenters. The van der Waals surface area contributed by atoms with Crippen LogP contribution < -0.4 is 16.0 Å². The van der Waals surface area contributed by atoms with Crippen LogP contribution in [0, 0.1) is 0 Å². The van der Waals surface area contributed by atoms with Crippen molar-refractivity contribution < 1.29 is 154 Å². The third-order valence-electron chi connectivity index (χ3n) is 22.0. The van der Waals surface area contributed by atoms with Crippen LogP contribution >= 0.6 is 0 Å². The average molecular weight is 1600 g/mol. The Morgan fingerprint density at radius 3 is 1.38 bits per heavy atom. The number of unbranched alkanes of at least 4 members (excludes halogenated alkanes) is 30. The van der Waals surface area contributed by atoms with Gasteiger partial charge in [0.05, 0.1) is 75.9 Å². The third kappa shape index (κ3) is 32.3. The fraction of sp³-hybridized carbons (Fsp3) is 0.935. The predicted octanol–water partition coefficient (Wildman–Crippen LogP) is 0.888. The molecule has 0 aromatic heterocycles. The number of carboxylic acids is 2. The number of carbonyl (C=O) groups is 5. The van der Waals surface area contributed by atoms with Gasteiger partial charge in [-0.3, -0.25) is 14.4 Å². The number of methoxy groups -OCH3 is 1. The van der Waals surface area contributed by atoms with E-state index in [1.807, 2.05) is 0 Å². The molecule has 0 radical (unpaired) electrons. The van der Waals surface area contributed by atoms with Gasteiger partial charge in [-0.25, -0.2) is 9.59 Å². The molecule has 0 saturated carbocycles. The molecule has 4 aliphatic heterocycles. The molecule has 34 heteroatoms. The van der Waals surface area contributed by atoms with Crippen LogP contribution in [0.25, 0.3) is 0 Å². The quantitative estimate of drug-likeness (QED) is 0.0376. The summed E-state index contributed by atoms with van der Waals surface area (Å²) in [6, 6.07) is -5.09. The van der Waals surface area contributed by atoms with Crippen molar-refractivity contribution in [3.63, 3.8) is 0 Å². The molecule has 4 aliphatic rings. The number of rotatable bonds is 60. The molecule has 4 heterocycles. The number of ether oxygens (including phenoxy) is 8. The van der Waals surface area contributed by atoms with Gasteiger partial charge in [0.25, 0.3) is 5.79 Å². The Labute approximate surface area is 653 Å². The highest BCUT2D eigenvalue weighted by Gasteiger charge is 2.62. The van der Waals surface area contributed by atoms with Crippen molar-refractivity contribution in [2.24, 2.45) is 0 Å². The summed E-state index contributed by atoms with van der Waals surface area (Å²) in [5.41, 5.74) is -2.80. The second kappa shape index (κ2) is 53.7. The molecular weight excluding hydrogens is 1460 g/mol. The Kier molecular flexibility index (Phi) is 48.2. The lowest BCUT2D eigenvalue weighted by atomic mass is 9.81. The van der Waals surface area contributed by atoms with E-state index in [2.05, 4.69) is 29.8 Å². The summed E-state index contributed by atoms with van der Waals surface area (Å²) in [5, 5.41) is 206. The van der Waals surface area contributed by atoms with Crippen molar-refractivity contribution in [3.8, 4) is 0 Å². The van der Waals surface area contributed by atoms with Gasteiger partial charge in [0.1, 0.15) is 97.7 Å². The molecule has 0 aromatic rings. The van der Waals surface area contributed by atoms with Gasteiger partial charge in [-0.2, -0.15) is 0 Å². The highest BCUT2D eigenvalue weighted by Crippen LogP contribution is 2.41. The molecule has 0 spiro atoms. The molecule has 4 saturated heterocycles. The average Bonchev–Trinajstić information content (AvgIpc) is 0.755. The van der Waals surface area contributed by atoms with Crippen molar-refractivity contribution in [1.82, 2.24) is 16.0 Å². The van der Waals surface area contributed by atoms with Gasteiger partial charge in [0.2, 0.25) is 17.7 Å². The number of aliphatic carboxylic acids is 2. The summed E-state index contributed by atoms with van der Waals surface area (Å²) in [4.78, 5) is 66.3. The minimum atomic E-state index is -3.34. The van der Waals surface area contributed by atoms with Gasteiger partial charge < -0.3 is 146 Å². The zero-order valence-electron chi connectivity index (χ0n) is 65.9. The van der Waals surface area contributed by atoms with Crippen molar-refractivity contribution in [1.29, 1.82) is 0 Å². The standard InChI is InChI=1S/C77H141N3O31/c1-5-7-9-11-13-15-17-19-20-21-22-23-24-25-26-28-30-32-34-36-38-50(87)71(99)79-48(60(92)49(86)37-35-33-31-29-27-18-16-14-12-10-8-6-2)46-105-72-65(97)63(95)67(55(44-83)106-72)108-73-66(98)64(96)68(56(45-84)107-73)110-77(75(102)103)40-52(89)59(69(111-77)61(93)53(90)42-81)80-57(91)41-76(74(100)101)39-51(88)58(78-47(3)85)70(109-76)62(94)54(43-82)104-4/h48-56,58-70,72-73,81-84,86-90,92-98H,5-46H2,1-4H3,(H,78,85)(H,79,99)(H,80,91)(H,100,101)(H,102,103)/t48-,49+,50+,51-,52-,53+,54+,55+,56+,58+,59+,60-,61+,62+,63+,64+,65+,66+,67+,68-,69+,70+,72+,73-,76-,77+/m0/s1. The van der Waals surface area contributed by atoms with Crippen molar-refractivity contribution in [2.75, 3.05) is 40.1 Å². The number of aliphatic hydroxyl groups excluding tert-OH is 16. The zero-order valence-corrected chi connectivity index (χ0v) is 65.9.